The van der Waals surface area contributed by atoms with Gasteiger partial charge >= 0.3 is 0 Å². The first-order chi connectivity index (χ1) is 5.50. The second-order valence-corrected chi connectivity index (χ2v) is 3.94. The third-order valence-electron chi connectivity index (χ3n) is 2.11. The molecule has 74 valence electrons. The molecule has 0 aliphatic carbocycles. The summed E-state index contributed by atoms with van der Waals surface area (Å²) in [6.07, 6.45) is 0. The Morgan fingerprint density at radius 1 is 1.00 bits per heavy atom. The molecule has 2 heteroatoms. The fraction of sp³-hybridized carbons (Fsp3) is 1.00. The fourth-order valence-electron chi connectivity index (χ4n) is 1.94. The minimum absolute atomic E-state index is 0.509. The van der Waals surface area contributed by atoms with E-state index in [-0.39, 0.29) is 0 Å². The summed E-state index contributed by atoms with van der Waals surface area (Å²) >= 11 is 0. The Kier molecular flexibility index (Phi) is 5.51. The summed E-state index contributed by atoms with van der Waals surface area (Å²) < 4.78 is 5.14. The summed E-state index contributed by atoms with van der Waals surface area (Å²) in [5.41, 5.74) is 0. The second-order valence-electron chi connectivity index (χ2n) is 3.94. The molecule has 0 radical (unpaired) electrons. The van der Waals surface area contributed by atoms with E-state index in [9.17, 15) is 0 Å². The Bertz CT molecular complexity index is 104. The largest absolute Gasteiger partial charge is 0.383 e. The molecular formula is C10H23NO. The van der Waals surface area contributed by atoms with Crippen LogP contribution in [0.25, 0.3) is 0 Å². The summed E-state index contributed by atoms with van der Waals surface area (Å²) in [4.78, 5) is 2.46. The summed E-state index contributed by atoms with van der Waals surface area (Å²) in [5.74, 6) is 0. The molecule has 1 atom stereocenters. The van der Waals surface area contributed by atoms with Crippen LogP contribution in [0.4, 0.5) is 0 Å². The lowest BCUT2D eigenvalue weighted by Gasteiger charge is -2.35. The van der Waals surface area contributed by atoms with Crippen molar-refractivity contribution in [1.82, 2.24) is 4.90 Å². The molecule has 0 bridgehead atoms. The van der Waals surface area contributed by atoms with Gasteiger partial charge in [0.2, 0.25) is 0 Å². The maximum Gasteiger partial charge on any atom is 0.0615 e. The van der Waals surface area contributed by atoms with Gasteiger partial charge in [0.15, 0.2) is 0 Å². The summed E-state index contributed by atoms with van der Waals surface area (Å²) in [5, 5.41) is 0. The van der Waals surface area contributed by atoms with Gasteiger partial charge in [-0.2, -0.15) is 0 Å². The number of rotatable bonds is 5. The van der Waals surface area contributed by atoms with Crippen molar-refractivity contribution in [3.63, 3.8) is 0 Å². The summed E-state index contributed by atoms with van der Waals surface area (Å²) in [7, 11) is 1.76. The van der Waals surface area contributed by atoms with Gasteiger partial charge in [0.05, 0.1) is 6.61 Å². The Labute approximate surface area is 76.9 Å². The molecule has 12 heavy (non-hydrogen) atoms. The SMILES string of the molecule is COCC(C)N(C(C)C)C(C)C. The van der Waals surface area contributed by atoms with Crippen LogP contribution in [-0.4, -0.2) is 36.7 Å². The average Bonchev–Trinajstić information content (AvgIpc) is 1.85. The van der Waals surface area contributed by atoms with E-state index in [1.54, 1.807) is 7.11 Å². The predicted octanol–water partition coefficient (Wildman–Crippen LogP) is 2.14. The Morgan fingerprint density at radius 2 is 1.42 bits per heavy atom. The maximum atomic E-state index is 5.14. The van der Waals surface area contributed by atoms with E-state index >= 15 is 0 Å². The smallest absolute Gasteiger partial charge is 0.0615 e. The third-order valence-corrected chi connectivity index (χ3v) is 2.11. The topological polar surface area (TPSA) is 12.5 Å². The van der Waals surface area contributed by atoms with Crippen molar-refractivity contribution in [1.29, 1.82) is 0 Å². The molecule has 0 saturated heterocycles. The number of methoxy groups -OCH3 is 1. The third kappa shape index (κ3) is 3.55. The molecule has 0 aromatic heterocycles. The molecule has 0 aromatic carbocycles. The molecule has 0 spiro atoms. The molecule has 2 nitrogen and oxygen atoms in total. The molecule has 0 heterocycles. The summed E-state index contributed by atoms with van der Waals surface area (Å²) in [6.45, 7) is 11.9. The van der Waals surface area contributed by atoms with E-state index in [0.29, 0.717) is 18.1 Å². The van der Waals surface area contributed by atoms with Crippen LogP contribution in [0.2, 0.25) is 0 Å². The normalized spacial score (nSPS) is 14.8. The number of hydrogen-bond acceptors (Lipinski definition) is 2. The Balaban J connectivity index is 4.09. The zero-order valence-electron chi connectivity index (χ0n) is 9.29. The lowest BCUT2D eigenvalue weighted by atomic mass is 10.1. The monoisotopic (exact) mass is 173 g/mol. The van der Waals surface area contributed by atoms with Crippen molar-refractivity contribution in [2.24, 2.45) is 0 Å². The van der Waals surface area contributed by atoms with Crippen molar-refractivity contribution in [3.8, 4) is 0 Å². The zero-order valence-corrected chi connectivity index (χ0v) is 9.29. The van der Waals surface area contributed by atoms with Crippen LogP contribution >= 0.6 is 0 Å². The van der Waals surface area contributed by atoms with Crippen LogP contribution in [0.15, 0.2) is 0 Å². The lowest BCUT2D eigenvalue weighted by molar-refractivity contribution is 0.0573. The number of hydrogen-bond donors (Lipinski definition) is 0. The van der Waals surface area contributed by atoms with Crippen LogP contribution < -0.4 is 0 Å². The molecule has 0 amide bonds. The zero-order chi connectivity index (χ0) is 9.72. The number of ether oxygens (including phenoxy) is 1. The van der Waals surface area contributed by atoms with E-state index < -0.39 is 0 Å². The van der Waals surface area contributed by atoms with E-state index in [2.05, 4.69) is 39.5 Å². The summed E-state index contributed by atoms with van der Waals surface area (Å²) in [6, 6.07) is 1.69. The average molecular weight is 173 g/mol. The van der Waals surface area contributed by atoms with Crippen molar-refractivity contribution < 1.29 is 4.74 Å². The molecule has 0 N–H and O–H groups in total. The highest BCUT2D eigenvalue weighted by Gasteiger charge is 2.19. The first-order valence-corrected chi connectivity index (χ1v) is 4.77. The van der Waals surface area contributed by atoms with Gasteiger partial charge in [-0.3, -0.25) is 4.90 Å². The molecule has 0 aromatic rings. The Hall–Kier alpha value is -0.0800. The van der Waals surface area contributed by atoms with Crippen molar-refractivity contribution in [2.75, 3.05) is 13.7 Å². The molecule has 0 rings (SSSR count). The first-order valence-electron chi connectivity index (χ1n) is 4.77. The van der Waals surface area contributed by atoms with Gasteiger partial charge in [0.25, 0.3) is 0 Å². The fourth-order valence-corrected chi connectivity index (χ4v) is 1.94. The van der Waals surface area contributed by atoms with E-state index in [1.165, 1.54) is 0 Å². The Morgan fingerprint density at radius 3 is 1.67 bits per heavy atom. The number of nitrogens with zero attached hydrogens (tertiary/aromatic N) is 1. The van der Waals surface area contributed by atoms with Gasteiger partial charge in [0.1, 0.15) is 0 Å². The van der Waals surface area contributed by atoms with Crippen molar-refractivity contribution in [2.45, 2.75) is 52.7 Å². The van der Waals surface area contributed by atoms with Gasteiger partial charge in [-0.1, -0.05) is 0 Å². The van der Waals surface area contributed by atoms with Crippen molar-refractivity contribution >= 4 is 0 Å². The molecule has 0 aliphatic rings. The molecule has 0 fully saturated rings. The highest BCUT2D eigenvalue weighted by Crippen LogP contribution is 2.10. The lowest BCUT2D eigenvalue weighted by Crippen LogP contribution is -2.45. The van der Waals surface area contributed by atoms with Crippen LogP contribution in [0.5, 0.6) is 0 Å². The highest BCUT2D eigenvalue weighted by atomic mass is 16.5. The van der Waals surface area contributed by atoms with Crippen LogP contribution in [0, 0.1) is 0 Å². The van der Waals surface area contributed by atoms with Crippen LogP contribution in [0.1, 0.15) is 34.6 Å². The standard InChI is InChI=1S/C10H23NO/c1-8(2)11(9(3)4)10(5)7-12-6/h8-10H,7H2,1-6H3. The van der Waals surface area contributed by atoms with Gasteiger partial charge in [-0.05, 0) is 34.6 Å². The minimum atomic E-state index is 0.509. The van der Waals surface area contributed by atoms with E-state index in [1.807, 2.05) is 0 Å². The van der Waals surface area contributed by atoms with Crippen molar-refractivity contribution in [3.05, 3.63) is 0 Å². The quantitative estimate of drug-likeness (QED) is 0.631. The molecular weight excluding hydrogens is 150 g/mol. The molecule has 1 unspecified atom stereocenters. The highest BCUT2D eigenvalue weighted by molar-refractivity contribution is 4.73. The van der Waals surface area contributed by atoms with Gasteiger partial charge in [0, 0.05) is 25.2 Å². The van der Waals surface area contributed by atoms with Crippen LogP contribution in [0.3, 0.4) is 0 Å². The maximum absolute atomic E-state index is 5.14. The van der Waals surface area contributed by atoms with E-state index in [4.69, 9.17) is 4.74 Å². The first kappa shape index (κ1) is 11.9. The minimum Gasteiger partial charge on any atom is -0.383 e. The van der Waals surface area contributed by atoms with E-state index in [0.717, 1.165) is 6.61 Å². The molecule has 0 aliphatic heterocycles. The van der Waals surface area contributed by atoms with Gasteiger partial charge < -0.3 is 4.74 Å². The second kappa shape index (κ2) is 5.55. The predicted molar refractivity (Wildman–Crippen MR) is 53.4 cm³/mol. The van der Waals surface area contributed by atoms with Gasteiger partial charge in [-0.25, -0.2) is 0 Å². The van der Waals surface area contributed by atoms with Crippen LogP contribution in [-0.2, 0) is 4.74 Å². The van der Waals surface area contributed by atoms with Gasteiger partial charge in [-0.15, -0.1) is 0 Å². The molecule has 0 saturated carbocycles.